The van der Waals surface area contributed by atoms with Gasteiger partial charge in [-0.1, -0.05) is 0 Å². The van der Waals surface area contributed by atoms with Gasteiger partial charge in [0.25, 0.3) is 0 Å². The number of aromatic nitrogens is 2. The molecule has 0 bridgehead atoms. The number of benzene rings is 1. The molecule has 0 amide bonds. The number of methoxy groups -OCH3 is 1. The Bertz CT molecular complexity index is 681. The van der Waals surface area contributed by atoms with Crippen molar-refractivity contribution in [1.82, 2.24) is 15.1 Å². The van der Waals surface area contributed by atoms with E-state index in [0.29, 0.717) is 24.1 Å². The van der Waals surface area contributed by atoms with E-state index < -0.39 is 0 Å². The fourth-order valence-electron chi connectivity index (χ4n) is 2.22. The lowest BCUT2D eigenvalue weighted by Crippen LogP contribution is -2.33. The third-order valence-electron chi connectivity index (χ3n) is 3.35. The molecule has 2 aromatic rings. The molecule has 0 saturated heterocycles. The highest BCUT2D eigenvalue weighted by molar-refractivity contribution is 5.93. The minimum atomic E-state index is 0.579. The average molecular weight is 331 g/mol. The molecular formula is C17H25N5O2. The molecule has 1 aromatic heterocycles. The third-order valence-corrected chi connectivity index (χ3v) is 3.35. The van der Waals surface area contributed by atoms with E-state index in [1.54, 1.807) is 14.2 Å². The number of hydrogen-bond acceptors (Lipinski definition) is 4. The van der Waals surface area contributed by atoms with Gasteiger partial charge in [-0.3, -0.25) is 9.67 Å². The summed E-state index contributed by atoms with van der Waals surface area (Å²) in [6, 6.07) is 5.68. The third kappa shape index (κ3) is 4.91. The molecule has 0 radical (unpaired) electrons. The standard InChI is InChI=1S/C17H25N5O2/c1-5-24-16-10-14(6-7-15(16)23-4)21-17(18-3)19-8-9-22-12-13(2)11-20-22/h6-7,10-12H,5,8-9H2,1-4H3,(H2,18,19,21). The highest BCUT2D eigenvalue weighted by atomic mass is 16.5. The summed E-state index contributed by atoms with van der Waals surface area (Å²) in [6.07, 6.45) is 3.86. The van der Waals surface area contributed by atoms with Crippen molar-refractivity contribution in [3.8, 4) is 11.5 Å². The Morgan fingerprint density at radius 1 is 1.33 bits per heavy atom. The molecule has 24 heavy (non-hydrogen) atoms. The molecule has 7 nitrogen and oxygen atoms in total. The van der Waals surface area contributed by atoms with Crippen molar-refractivity contribution < 1.29 is 9.47 Å². The summed E-state index contributed by atoms with van der Waals surface area (Å²) in [5, 5.41) is 10.8. The molecule has 2 rings (SSSR count). The predicted octanol–water partition coefficient (Wildman–Crippen LogP) is 2.29. The van der Waals surface area contributed by atoms with E-state index in [-0.39, 0.29) is 0 Å². The van der Waals surface area contributed by atoms with Gasteiger partial charge < -0.3 is 20.1 Å². The maximum absolute atomic E-state index is 5.59. The van der Waals surface area contributed by atoms with Crippen LogP contribution in [0.25, 0.3) is 0 Å². The molecule has 0 unspecified atom stereocenters. The zero-order valence-corrected chi connectivity index (χ0v) is 14.7. The molecule has 0 fully saturated rings. The monoisotopic (exact) mass is 331 g/mol. The van der Waals surface area contributed by atoms with Crippen LogP contribution in [0.1, 0.15) is 12.5 Å². The van der Waals surface area contributed by atoms with Gasteiger partial charge in [0.2, 0.25) is 0 Å². The second-order valence-electron chi connectivity index (χ2n) is 5.20. The summed E-state index contributed by atoms with van der Waals surface area (Å²) in [7, 11) is 3.36. The number of rotatable bonds is 7. The molecule has 0 saturated carbocycles. The molecule has 0 aliphatic rings. The van der Waals surface area contributed by atoms with Crippen LogP contribution in [0.15, 0.2) is 35.6 Å². The van der Waals surface area contributed by atoms with Gasteiger partial charge in [0.1, 0.15) is 0 Å². The van der Waals surface area contributed by atoms with Crippen LogP contribution < -0.4 is 20.1 Å². The van der Waals surface area contributed by atoms with Gasteiger partial charge in [0, 0.05) is 31.5 Å². The fourth-order valence-corrected chi connectivity index (χ4v) is 2.22. The Kier molecular flexibility index (Phi) is 6.48. The summed E-state index contributed by atoms with van der Waals surface area (Å²) >= 11 is 0. The highest BCUT2D eigenvalue weighted by Gasteiger charge is 2.07. The SMILES string of the molecule is CCOc1cc(NC(=NC)NCCn2cc(C)cn2)ccc1OC. The average Bonchev–Trinajstić information content (AvgIpc) is 3.00. The Morgan fingerprint density at radius 3 is 2.79 bits per heavy atom. The van der Waals surface area contributed by atoms with Crippen LogP contribution >= 0.6 is 0 Å². The van der Waals surface area contributed by atoms with Gasteiger partial charge in [0.05, 0.1) is 26.5 Å². The van der Waals surface area contributed by atoms with Gasteiger partial charge in [-0.05, 0) is 31.5 Å². The van der Waals surface area contributed by atoms with Crippen LogP contribution in [-0.4, -0.2) is 43.0 Å². The number of aliphatic imine (C=N–C) groups is 1. The Balaban J connectivity index is 1.93. The molecule has 0 aliphatic heterocycles. The van der Waals surface area contributed by atoms with Crippen molar-refractivity contribution >= 4 is 11.6 Å². The number of guanidine groups is 1. The quantitative estimate of drug-likeness (QED) is 0.601. The molecular weight excluding hydrogens is 306 g/mol. The molecule has 0 spiro atoms. The van der Waals surface area contributed by atoms with Crippen molar-refractivity contribution in [3.05, 3.63) is 36.2 Å². The highest BCUT2D eigenvalue weighted by Crippen LogP contribution is 2.30. The molecule has 0 aliphatic carbocycles. The molecule has 1 aromatic carbocycles. The van der Waals surface area contributed by atoms with Crippen LogP contribution in [0.4, 0.5) is 5.69 Å². The van der Waals surface area contributed by atoms with Gasteiger partial charge in [-0.2, -0.15) is 5.10 Å². The maximum atomic E-state index is 5.59. The smallest absolute Gasteiger partial charge is 0.195 e. The zero-order valence-electron chi connectivity index (χ0n) is 14.7. The van der Waals surface area contributed by atoms with Crippen molar-refractivity contribution in [2.24, 2.45) is 4.99 Å². The molecule has 1 heterocycles. The predicted molar refractivity (Wildman–Crippen MR) is 96.1 cm³/mol. The first-order valence-corrected chi connectivity index (χ1v) is 7.93. The zero-order chi connectivity index (χ0) is 17.4. The minimum Gasteiger partial charge on any atom is -0.493 e. The number of ether oxygens (including phenoxy) is 2. The Hall–Kier alpha value is -2.70. The van der Waals surface area contributed by atoms with Crippen molar-refractivity contribution in [1.29, 1.82) is 0 Å². The number of anilines is 1. The van der Waals surface area contributed by atoms with Crippen LogP contribution in [0, 0.1) is 6.92 Å². The first kappa shape index (κ1) is 17.7. The van der Waals surface area contributed by atoms with Gasteiger partial charge in [0.15, 0.2) is 17.5 Å². The topological polar surface area (TPSA) is 72.7 Å². The van der Waals surface area contributed by atoms with Crippen LogP contribution in [0.3, 0.4) is 0 Å². The van der Waals surface area contributed by atoms with Crippen molar-refractivity contribution in [2.45, 2.75) is 20.4 Å². The molecule has 2 N–H and O–H groups in total. The van der Waals surface area contributed by atoms with Crippen molar-refractivity contribution in [2.75, 3.05) is 32.6 Å². The Morgan fingerprint density at radius 2 is 2.17 bits per heavy atom. The van der Waals surface area contributed by atoms with E-state index >= 15 is 0 Å². The first-order valence-electron chi connectivity index (χ1n) is 7.93. The lowest BCUT2D eigenvalue weighted by Gasteiger charge is -2.14. The number of nitrogens with zero attached hydrogens (tertiary/aromatic N) is 3. The summed E-state index contributed by atoms with van der Waals surface area (Å²) < 4.78 is 12.8. The summed E-state index contributed by atoms with van der Waals surface area (Å²) in [4.78, 5) is 4.23. The van der Waals surface area contributed by atoms with E-state index in [1.807, 2.05) is 49.1 Å². The summed E-state index contributed by atoms with van der Waals surface area (Å²) in [5.74, 6) is 2.10. The van der Waals surface area contributed by atoms with E-state index in [9.17, 15) is 0 Å². The lowest BCUT2D eigenvalue weighted by atomic mass is 10.2. The molecule has 0 atom stereocenters. The number of nitrogens with one attached hydrogen (secondary N) is 2. The van der Waals surface area contributed by atoms with E-state index in [4.69, 9.17) is 9.47 Å². The van der Waals surface area contributed by atoms with E-state index in [1.165, 1.54) is 0 Å². The Labute approximate surface area is 142 Å². The van der Waals surface area contributed by atoms with Gasteiger partial charge in [-0.25, -0.2) is 0 Å². The van der Waals surface area contributed by atoms with Crippen molar-refractivity contribution in [3.63, 3.8) is 0 Å². The van der Waals surface area contributed by atoms with Crippen LogP contribution in [0.2, 0.25) is 0 Å². The van der Waals surface area contributed by atoms with Gasteiger partial charge in [-0.15, -0.1) is 0 Å². The molecule has 130 valence electrons. The number of aryl methyl sites for hydroxylation is 1. The lowest BCUT2D eigenvalue weighted by molar-refractivity contribution is 0.311. The maximum Gasteiger partial charge on any atom is 0.195 e. The summed E-state index contributed by atoms with van der Waals surface area (Å²) in [5.41, 5.74) is 2.03. The normalized spacial score (nSPS) is 11.2. The fraction of sp³-hybridized carbons (Fsp3) is 0.412. The van der Waals surface area contributed by atoms with E-state index in [2.05, 4.69) is 20.7 Å². The van der Waals surface area contributed by atoms with Crippen LogP contribution in [-0.2, 0) is 6.54 Å². The minimum absolute atomic E-state index is 0.579. The van der Waals surface area contributed by atoms with E-state index in [0.717, 1.165) is 24.3 Å². The van der Waals surface area contributed by atoms with Gasteiger partial charge >= 0.3 is 0 Å². The largest absolute Gasteiger partial charge is 0.493 e. The van der Waals surface area contributed by atoms with Crippen LogP contribution in [0.5, 0.6) is 11.5 Å². The second kappa shape index (κ2) is 8.81. The summed E-state index contributed by atoms with van der Waals surface area (Å²) in [6.45, 7) is 6.03. The second-order valence-corrected chi connectivity index (χ2v) is 5.20. The number of hydrogen-bond donors (Lipinski definition) is 2. The first-order chi connectivity index (χ1) is 11.7. The molecule has 7 heteroatoms.